The molecule has 0 aromatic carbocycles. The van der Waals surface area contributed by atoms with Crippen molar-refractivity contribution in [2.45, 2.75) is 31.7 Å². The number of aryl methyl sites for hydroxylation is 1. The van der Waals surface area contributed by atoms with Crippen LogP contribution in [0.2, 0.25) is 0 Å². The molecule has 1 fully saturated rings. The van der Waals surface area contributed by atoms with Crippen LogP contribution in [0.15, 0.2) is 6.20 Å². The zero-order valence-corrected chi connectivity index (χ0v) is 10.9. The van der Waals surface area contributed by atoms with Crippen molar-refractivity contribution in [1.82, 2.24) is 25.1 Å². The van der Waals surface area contributed by atoms with E-state index in [4.69, 9.17) is 0 Å². The monoisotopic (exact) mass is 267 g/mol. The predicted octanol–water partition coefficient (Wildman–Crippen LogP) is 1.74. The highest BCUT2D eigenvalue weighted by Gasteiger charge is 2.19. The molecule has 1 saturated carbocycles. The molecular weight excluding hydrogens is 254 g/mol. The van der Waals surface area contributed by atoms with Gasteiger partial charge in [0.05, 0.1) is 6.20 Å². The van der Waals surface area contributed by atoms with Gasteiger partial charge in [0.2, 0.25) is 0 Å². The number of hydrogen-bond acceptors (Lipinski definition) is 7. The second-order valence-corrected chi connectivity index (χ2v) is 5.96. The van der Waals surface area contributed by atoms with E-state index in [1.165, 1.54) is 24.4 Å². The Kier molecular flexibility index (Phi) is 3.39. The highest BCUT2D eigenvalue weighted by molar-refractivity contribution is 7.19. The first kappa shape index (κ1) is 11.2. The van der Waals surface area contributed by atoms with Crippen LogP contribution in [0.5, 0.6) is 0 Å². The number of rotatable bonds is 6. The molecule has 0 amide bonds. The normalized spacial score (nSPS) is 15.3. The standard InChI is InChI=1S/C10H13N5S2/c1(5-11-7-3-4-7)2-9-13-14-10(16-9)8-6-12-15-17-8/h6-7,11H,1-5H2. The Bertz CT molecular complexity index is 463. The average molecular weight is 267 g/mol. The molecule has 0 saturated heterocycles. The summed E-state index contributed by atoms with van der Waals surface area (Å²) in [7, 11) is 0. The average Bonchev–Trinajstić information content (AvgIpc) is 2.84. The molecule has 2 aromatic heterocycles. The third-order valence-corrected chi connectivity index (χ3v) is 4.43. The van der Waals surface area contributed by atoms with Gasteiger partial charge in [0.1, 0.15) is 9.88 Å². The predicted molar refractivity (Wildman–Crippen MR) is 68.2 cm³/mol. The van der Waals surface area contributed by atoms with E-state index in [-0.39, 0.29) is 0 Å². The molecule has 7 heteroatoms. The van der Waals surface area contributed by atoms with E-state index in [9.17, 15) is 0 Å². The largest absolute Gasteiger partial charge is 0.314 e. The minimum Gasteiger partial charge on any atom is -0.314 e. The van der Waals surface area contributed by atoms with Crippen molar-refractivity contribution in [2.75, 3.05) is 6.54 Å². The molecule has 17 heavy (non-hydrogen) atoms. The van der Waals surface area contributed by atoms with E-state index in [0.717, 1.165) is 40.3 Å². The lowest BCUT2D eigenvalue weighted by molar-refractivity contribution is 0.643. The molecule has 3 rings (SSSR count). The molecule has 5 nitrogen and oxygen atoms in total. The first-order valence-corrected chi connectivity index (χ1v) is 7.34. The van der Waals surface area contributed by atoms with E-state index in [2.05, 4.69) is 25.1 Å². The fourth-order valence-corrected chi connectivity index (χ4v) is 2.97. The summed E-state index contributed by atoms with van der Waals surface area (Å²) in [6.07, 6.45) is 6.57. The van der Waals surface area contributed by atoms with E-state index in [0.29, 0.717) is 0 Å². The zero-order chi connectivity index (χ0) is 11.5. The quantitative estimate of drug-likeness (QED) is 0.808. The summed E-state index contributed by atoms with van der Waals surface area (Å²) < 4.78 is 3.83. The first-order valence-electron chi connectivity index (χ1n) is 5.75. The van der Waals surface area contributed by atoms with Crippen LogP contribution in [0.3, 0.4) is 0 Å². The molecule has 2 heterocycles. The van der Waals surface area contributed by atoms with Crippen LogP contribution in [0.1, 0.15) is 24.3 Å². The summed E-state index contributed by atoms with van der Waals surface area (Å²) in [5, 5.41) is 17.7. The van der Waals surface area contributed by atoms with Gasteiger partial charge in [-0.1, -0.05) is 15.8 Å². The summed E-state index contributed by atoms with van der Waals surface area (Å²) in [4.78, 5) is 1.00. The van der Waals surface area contributed by atoms with Crippen LogP contribution in [0.25, 0.3) is 9.88 Å². The molecule has 1 N–H and O–H groups in total. The van der Waals surface area contributed by atoms with E-state index in [1.54, 1.807) is 17.5 Å². The Morgan fingerprint density at radius 2 is 2.29 bits per heavy atom. The molecule has 1 aliphatic carbocycles. The number of nitrogens with one attached hydrogen (secondary N) is 1. The fraction of sp³-hybridized carbons (Fsp3) is 0.600. The van der Waals surface area contributed by atoms with Crippen molar-refractivity contribution in [1.29, 1.82) is 0 Å². The summed E-state index contributed by atoms with van der Waals surface area (Å²) in [5.41, 5.74) is 0. The van der Waals surface area contributed by atoms with Crippen molar-refractivity contribution in [3.05, 3.63) is 11.2 Å². The van der Waals surface area contributed by atoms with Crippen LogP contribution >= 0.6 is 22.9 Å². The smallest absolute Gasteiger partial charge is 0.161 e. The zero-order valence-electron chi connectivity index (χ0n) is 9.30. The van der Waals surface area contributed by atoms with E-state index in [1.807, 2.05) is 0 Å². The SMILES string of the molecule is c1nnsc1-c1nnc(CCCNC2CC2)s1. The molecule has 90 valence electrons. The lowest BCUT2D eigenvalue weighted by Crippen LogP contribution is -2.17. The van der Waals surface area contributed by atoms with Crippen molar-refractivity contribution in [3.8, 4) is 9.88 Å². The van der Waals surface area contributed by atoms with Crippen LogP contribution in [-0.2, 0) is 6.42 Å². The fourth-order valence-electron chi connectivity index (χ4n) is 1.55. The molecule has 2 aromatic rings. The minimum absolute atomic E-state index is 0.795. The van der Waals surface area contributed by atoms with E-state index < -0.39 is 0 Å². The summed E-state index contributed by atoms with van der Waals surface area (Å²) in [5.74, 6) is 0. The maximum Gasteiger partial charge on any atom is 0.161 e. The van der Waals surface area contributed by atoms with Crippen molar-refractivity contribution in [2.24, 2.45) is 0 Å². The number of nitrogens with zero attached hydrogens (tertiary/aromatic N) is 4. The molecule has 0 radical (unpaired) electrons. The lowest BCUT2D eigenvalue weighted by Gasteiger charge is -1.99. The van der Waals surface area contributed by atoms with Gasteiger partial charge in [-0.15, -0.1) is 15.3 Å². The Labute approximate surface area is 107 Å². The molecule has 0 unspecified atom stereocenters. The van der Waals surface area contributed by atoms with Crippen molar-refractivity contribution >= 4 is 22.9 Å². The number of hydrogen-bond donors (Lipinski definition) is 1. The summed E-state index contributed by atoms with van der Waals surface area (Å²) in [6.45, 7) is 1.09. The van der Waals surface area contributed by atoms with Gasteiger partial charge in [0.25, 0.3) is 0 Å². The molecule has 0 bridgehead atoms. The third-order valence-electron chi connectivity index (χ3n) is 2.62. The van der Waals surface area contributed by atoms with Crippen LogP contribution in [-0.4, -0.2) is 32.4 Å². The van der Waals surface area contributed by atoms with Crippen molar-refractivity contribution < 1.29 is 0 Å². The Hall–Kier alpha value is -0.920. The van der Waals surface area contributed by atoms with Gasteiger partial charge >= 0.3 is 0 Å². The maximum absolute atomic E-state index is 4.20. The van der Waals surface area contributed by atoms with Crippen LogP contribution < -0.4 is 5.32 Å². The molecule has 0 aliphatic heterocycles. The maximum atomic E-state index is 4.20. The van der Waals surface area contributed by atoms with Gasteiger partial charge < -0.3 is 5.32 Å². The van der Waals surface area contributed by atoms with Crippen molar-refractivity contribution in [3.63, 3.8) is 0 Å². The van der Waals surface area contributed by atoms with E-state index >= 15 is 0 Å². The van der Waals surface area contributed by atoms with Gasteiger partial charge in [0, 0.05) is 12.5 Å². The van der Waals surface area contributed by atoms with Gasteiger partial charge in [0.15, 0.2) is 5.01 Å². The first-order chi connectivity index (χ1) is 8.42. The van der Waals surface area contributed by atoms with Gasteiger partial charge in [-0.3, -0.25) is 0 Å². The molecule has 0 spiro atoms. The Morgan fingerprint density at radius 3 is 3.06 bits per heavy atom. The highest BCUT2D eigenvalue weighted by atomic mass is 32.1. The molecule has 0 atom stereocenters. The van der Waals surface area contributed by atoms with Gasteiger partial charge in [-0.2, -0.15) is 0 Å². The third kappa shape index (κ3) is 3.05. The Balaban J connectivity index is 1.50. The van der Waals surface area contributed by atoms with Gasteiger partial charge in [-0.05, 0) is 37.3 Å². The molecule has 1 aliphatic rings. The topological polar surface area (TPSA) is 63.6 Å². The number of aromatic nitrogens is 4. The summed E-state index contributed by atoms with van der Waals surface area (Å²) in [6, 6.07) is 0.795. The second-order valence-electron chi connectivity index (χ2n) is 4.11. The minimum atomic E-state index is 0.795. The summed E-state index contributed by atoms with van der Waals surface area (Å²) >= 11 is 3.01. The van der Waals surface area contributed by atoms with Crippen LogP contribution in [0, 0.1) is 0 Å². The van der Waals surface area contributed by atoms with Crippen LogP contribution in [0.4, 0.5) is 0 Å². The highest BCUT2D eigenvalue weighted by Crippen LogP contribution is 2.25. The lowest BCUT2D eigenvalue weighted by atomic mass is 10.3. The van der Waals surface area contributed by atoms with Gasteiger partial charge in [-0.25, -0.2) is 0 Å². The molecular formula is C10H13N5S2. The Morgan fingerprint density at radius 1 is 1.35 bits per heavy atom. The second kappa shape index (κ2) is 5.16.